The first-order chi connectivity index (χ1) is 13.3. The van der Waals surface area contributed by atoms with Crippen LogP contribution in [-0.4, -0.2) is 29.4 Å². The number of rotatable bonds is 2. The zero-order chi connectivity index (χ0) is 19.6. The van der Waals surface area contributed by atoms with Gasteiger partial charge in [0.25, 0.3) is 0 Å². The van der Waals surface area contributed by atoms with Crippen LogP contribution in [-0.2, 0) is 26.1 Å². The Labute approximate surface area is 162 Å². The summed E-state index contributed by atoms with van der Waals surface area (Å²) < 4.78 is 41.6. The molecule has 4 heterocycles. The summed E-state index contributed by atoms with van der Waals surface area (Å²) in [7, 11) is 1.27. The molecule has 0 saturated heterocycles. The van der Waals surface area contributed by atoms with Gasteiger partial charge in [-0.3, -0.25) is 4.68 Å². The summed E-state index contributed by atoms with van der Waals surface area (Å²) in [6.45, 7) is 2.21. The van der Waals surface area contributed by atoms with Crippen LogP contribution in [0.1, 0.15) is 35.9 Å². The van der Waals surface area contributed by atoms with Crippen LogP contribution < -0.4 is 0 Å². The molecule has 28 heavy (non-hydrogen) atoms. The van der Waals surface area contributed by atoms with Gasteiger partial charge in [-0.05, 0) is 36.8 Å². The molecular weight excluding hydrogens is 389 g/mol. The number of hydrogen-bond donors (Lipinski definition) is 0. The quantitative estimate of drug-likeness (QED) is 0.499. The maximum Gasteiger partial charge on any atom is 0.433 e. The number of alkyl halides is 3. The molecule has 1 atom stereocenters. The van der Waals surface area contributed by atoms with E-state index in [0.29, 0.717) is 11.6 Å². The van der Waals surface area contributed by atoms with Crippen LogP contribution in [0.3, 0.4) is 0 Å². The highest BCUT2D eigenvalue weighted by Gasteiger charge is 2.35. The highest BCUT2D eigenvalue weighted by Crippen LogP contribution is 2.39. The molecule has 0 saturated carbocycles. The summed E-state index contributed by atoms with van der Waals surface area (Å²) in [5, 5.41) is 9.27. The third-order valence-electron chi connectivity index (χ3n) is 5.46. The van der Waals surface area contributed by atoms with E-state index in [1.165, 1.54) is 17.5 Å². The topological polar surface area (TPSA) is 60.9 Å². The van der Waals surface area contributed by atoms with E-state index < -0.39 is 11.9 Å². The molecule has 0 fully saturated rings. The molecule has 1 aliphatic carbocycles. The molecule has 0 bridgehead atoms. The Kier molecular flexibility index (Phi) is 3.77. The maximum absolute atomic E-state index is 13.1. The number of aromatic nitrogens is 6. The van der Waals surface area contributed by atoms with Crippen molar-refractivity contribution in [2.75, 3.05) is 0 Å². The van der Waals surface area contributed by atoms with Crippen molar-refractivity contribution in [1.29, 1.82) is 0 Å². The Hall–Kier alpha value is -2.49. The average Bonchev–Trinajstić information content (AvgIpc) is 3.33. The van der Waals surface area contributed by atoms with Crippen molar-refractivity contribution in [1.82, 2.24) is 29.4 Å². The zero-order valence-electron chi connectivity index (χ0n) is 15.3. The Bertz CT molecular complexity index is 1200. The van der Waals surface area contributed by atoms with Gasteiger partial charge in [-0.15, -0.1) is 16.4 Å². The van der Waals surface area contributed by atoms with E-state index in [1.54, 1.807) is 22.2 Å². The van der Waals surface area contributed by atoms with E-state index in [-0.39, 0.29) is 11.5 Å². The molecule has 0 N–H and O–H groups in total. The van der Waals surface area contributed by atoms with Crippen molar-refractivity contribution in [2.24, 2.45) is 13.0 Å². The van der Waals surface area contributed by atoms with Crippen LogP contribution in [0.25, 0.3) is 27.4 Å². The summed E-state index contributed by atoms with van der Waals surface area (Å²) in [6, 6.07) is 0.980. The zero-order valence-corrected chi connectivity index (χ0v) is 16.1. The van der Waals surface area contributed by atoms with E-state index in [0.717, 1.165) is 46.6 Å². The lowest BCUT2D eigenvalue weighted by Gasteiger charge is -2.20. The molecular formula is C18H17F3N6S. The van der Waals surface area contributed by atoms with Crippen LogP contribution in [0.15, 0.2) is 12.4 Å². The second kappa shape index (κ2) is 6.00. The van der Waals surface area contributed by atoms with E-state index in [4.69, 9.17) is 0 Å². The molecule has 0 unspecified atom stereocenters. The van der Waals surface area contributed by atoms with Crippen molar-refractivity contribution in [2.45, 2.75) is 38.8 Å². The van der Waals surface area contributed by atoms with Crippen molar-refractivity contribution in [3.05, 3.63) is 28.5 Å². The molecule has 146 valence electrons. The molecule has 10 heteroatoms. The highest BCUT2D eigenvalue weighted by atomic mass is 32.1. The Morgan fingerprint density at radius 3 is 2.82 bits per heavy atom. The van der Waals surface area contributed by atoms with Gasteiger partial charge in [-0.25, -0.2) is 14.5 Å². The third kappa shape index (κ3) is 2.61. The largest absolute Gasteiger partial charge is 0.433 e. The fraction of sp³-hybridized carbons (Fsp3) is 0.444. The smallest absolute Gasteiger partial charge is 0.263 e. The van der Waals surface area contributed by atoms with Gasteiger partial charge >= 0.3 is 6.18 Å². The van der Waals surface area contributed by atoms with Crippen LogP contribution in [0, 0.1) is 5.92 Å². The lowest BCUT2D eigenvalue weighted by Crippen LogP contribution is -2.11. The van der Waals surface area contributed by atoms with Gasteiger partial charge in [0.05, 0.1) is 5.39 Å². The van der Waals surface area contributed by atoms with Gasteiger partial charge in [0, 0.05) is 11.9 Å². The molecule has 4 aromatic heterocycles. The molecule has 0 radical (unpaired) electrons. The molecule has 6 nitrogen and oxygen atoms in total. The van der Waals surface area contributed by atoms with E-state index in [2.05, 4.69) is 27.1 Å². The molecule has 0 aliphatic heterocycles. The van der Waals surface area contributed by atoms with E-state index >= 15 is 0 Å². The number of nitrogens with zero attached hydrogens (tertiary/aromatic N) is 6. The van der Waals surface area contributed by atoms with Crippen molar-refractivity contribution >= 4 is 27.2 Å². The van der Waals surface area contributed by atoms with Crippen LogP contribution >= 0.6 is 11.3 Å². The van der Waals surface area contributed by atoms with Crippen molar-refractivity contribution < 1.29 is 13.2 Å². The van der Waals surface area contributed by atoms with Gasteiger partial charge in [0.1, 0.15) is 22.5 Å². The summed E-state index contributed by atoms with van der Waals surface area (Å²) in [4.78, 5) is 11.3. The maximum atomic E-state index is 13.1. The van der Waals surface area contributed by atoms with Crippen molar-refractivity contribution in [3.63, 3.8) is 0 Å². The van der Waals surface area contributed by atoms with Gasteiger partial charge in [0.15, 0.2) is 5.65 Å². The molecule has 4 aromatic rings. The lowest BCUT2D eigenvalue weighted by atomic mass is 9.86. The first-order valence-corrected chi connectivity index (χ1v) is 9.94. The summed E-state index contributed by atoms with van der Waals surface area (Å²) in [6.07, 6.45) is 1.41. The molecule has 0 amide bonds. The predicted octanol–water partition coefficient (Wildman–Crippen LogP) is 4.27. The van der Waals surface area contributed by atoms with Crippen molar-refractivity contribution in [3.8, 4) is 11.5 Å². The number of hydrogen-bond acceptors (Lipinski definition) is 5. The number of fused-ring (bicyclic) bond motifs is 5. The lowest BCUT2D eigenvalue weighted by molar-refractivity contribution is -0.143. The third-order valence-corrected chi connectivity index (χ3v) is 6.63. The fourth-order valence-corrected chi connectivity index (χ4v) is 5.24. The first-order valence-electron chi connectivity index (χ1n) is 9.12. The van der Waals surface area contributed by atoms with Gasteiger partial charge in [0.2, 0.25) is 5.82 Å². The summed E-state index contributed by atoms with van der Waals surface area (Å²) in [5.41, 5.74) is 1.16. The monoisotopic (exact) mass is 406 g/mol. The Balaban J connectivity index is 1.66. The summed E-state index contributed by atoms with van der Waals surface area (Å²) in [5.74, 6) is 0.863. The minimum Gasteiger partial charge on any atom is -0.263 e. The molecule has 0 spiro atoms. The molecule has 1 aliphatic rings. The Morgan fingerprint density at radius 1 is 1.29 bits per heavy atom. The normalized spacial score (nSPS) is 17.5. The predicted molar refractivity (Wildman–Crippen MR) is 99.2 cm³/mol. The second-order valence-electron chi connectivity index (χ2n) is 7.19. The van der Waals surface area contributed by atoms with E-state index in [9.17, 15) is 13.2 Å². The van der Waals surface area contributed by atoms with Crippen LogP contribution in [0.4, 0.5) is 13.2 Å². The molecule has 5 rings (SSSR count). The van der Waals surface area contributed by atoms with Crippen LogP contribution in [0.5, 0.6) is 0 Å². The van der Waals surface area contributed by atoms with Crippen LogP contribution in [0.2, 0.25) is 0 Å². The van der Waals surface area contributed by atoms with Gasteiger partial charge in [-0.2, -0.15) is 18.3 Å². The number of thiophene rings is 1. The summed E-state index contributed by atoms with van der Waals surface area (Å²) >= 11 is 1.69. The van der Waals surface area contributed by atoms with Gasteiger partial charge in [-0.1, -0.05) is 13.3 Å². The number of halogens is 3. The minimum absolute atomic E-state index is 0.0989. The van der Waals surface area contributed by atoms with E-state index in [1.807, 2.05) is 0 Å². The second-order valence-corrected chi connectivity index (χ2v) is 8.27. The first kappa shape index (κ1) is 17.6. The fourth-order valence-electron chi connectivity index (χ4n) is 3.94. The highest BCUT2D eigenvalue weighted by molar-refractivity contribution is 7.19. The van der Waals surface area contributed by atoms with Gasteiger partial charge < -0.3 is 0 Å². The average molecular weight is 406 g/mol. The molecule has 0 aromatic carbocycles. The minimum atomic E-state index is -4.48. The standard InChI is InChI=1S/C18H17F3N6S/c1-3-9-4-5-10-12(6-9)28-17-14(10)16-23-15(25-27(16)8-22-17)11-7-13(18(19,20)21)26(2)24-11/h7-9H,3-6H2,1-2H3/t9-/m1/s1. The SMILES string of the molecule is CC[C@@H]1CCc2c(sc3ncn4nc(-c5cc(C(F)(F)F)n(C)n5)nc4c23)C1. The number of aryl methyl sites for hydroxylation is 2. The Morgan fingerprint density at radius 2 is 2.11 bits per heavy atom.